The SMILES string of the molecule is COc1ccc(CCNC(=O)c2cccc(OCc3cccnc3)c2)cc1OC(F)F. The highest BCUT2D eigenvalue weighted by Gasteiger charge is 2.12. The molecule has 1 aromatic heterocycles. The molecule has 8 heteroatoms. The van der Waals surface area contributed by atoms with Crippen LogP contribution in [0, 0.1) is 0 Å². The zero-order chi connectivity index (χ0) is 22.1. The molecule has 3 aromatic rings. The number of carbonyl (C=O) groups excluding carboxylic acids is 1. The highest BCUT2D eigenvalue weighted by Crippen LogP contribution is 2.29. The van der Waals surface area contributed by atoms with Crippen LogP contribution in [0.25, 0.3) is 0 Å². The molecule has 0 aliphatic heterocycles. The monoisotopic (exact) mass is 428 g/mol. The van der Waals surface area contributed by atoms with Gasteiger partial charge in [0, 0.05) is 30.1 Å². The number of halogens is 2. The van der Waals surface area contributed by atoms with E-state index in [-0.39, 0.29) is 17.4 Å². The fourth-order valence-corrected chi connectivity index (χ4v) is 2.86. The third kappa shape index (κ3) is 6.67. The minimum absolute atomic E-state index is 0.0419. The Bertz CT molecular complexity index is 1000. The number of amides is 1. The van der Waals surface area contributed by atoms with Crippen LogP contribution in [0.5, 0.6) is 17.2 Å². The van der Waals surface area contributed by atoms with Crippen molar-refractivity contribution in [1.82, 2.24) is 10.3 Å². The van der Waals surface area contributed by atoms with E-state index in [2.05, 4.69) is 15.0 Å². The molecule has 0 unspecified atom stereocenters. The Morgan fingerprint density at radius 2 is 1.94 bits per heavy atom. The van der Waals surface area contributed by atoms with Crippen molar-refractivity contribution in [2.75, 3.05) is 13.7 Å². The maximum absolute atomic E-state index is 12.5. The van der Waals surface area contributed by atoms with E-state index >= 15 is 0 Å². The molecule has 0 atom stereocenters. The topological polar surface area (TPSA) is 69.7 Å². The minimum Gasteiger partial charge on any atom is -0.493 e. The van der Waals surface area contributed by atoms with E-state index < -0.39 is 6.61 Å². The molecule has 2 aromatic carbocycles. The predicted molar refractivity (Wildman–Crippen MR) is 111 cm³/mol. The molecular weight excluding hydrogens is 406 g/mol. The Labute approximate surface area is 178 Å². The molecule has 31 heavy (non-hydrogen) atoms. The summed E-state index contributed by atoms with van der Waals surface area (Å²) in [6.07, 6.45) is 3.84. The van der Waals surface area contributed by atoms with E-state index in [1.54, 1.807) is 48.8 Å². The molecule has 0 fully saturated rings. The van der Waals surface area contributed by atoms with Crippen LogP contribution in [0.4, 0.5) is 8.78 Å². The summed E-state index contributed by atoms with van der Waals surface area (Å²) < 4.78 is 40.3. The van der Waals surface area contributed by atoms with Crippen molar-refractivity contribution in [1.29, 1.82) is 0 Å². The number of alkyl halides is 2. The molecule has 0 bridgehead atoms. The van der Waals surface area contributed by atoms with Gasteiger partial charge >= 0.3 is 6.61 Å². The van der Waals surface area contributed by atoms with Gasteiger partial charge in [0.15, 0.2) is 11.5 Å². The number of rotatable bonds is 10. The van der Waals surface area contributed by atoms with Crippen LogP contribution >= 0.6 is 0 Å². The van der Waals surface area contributed by atoms with Gasteiger partial charge in [-0.1, -0.05) is 18.2 Å². The fraction of sp³-hybridized carbons (Fsp3) is 0.217. The predicted octanol–water partition coefficient (Wildman–Crippen LogP) is 4.24. The normalized spacial score (nSPS) is 10.6. The first-order valence-electron chi connectivity index (χ1n) is 9.57. The second-order valence-electron chi connectivity index (χ2n) is 6.55. The van der Waals surface area contributed by atoms with Gasteiger partial charge in [-0.3, -0.25) is 9.78 Å². The number of nitrogens with one attached hydrogen (secondary N) is 1. The summed E-state index contributed by atoms with van der Waals surface area (Å²) >= 11 is 0. The van der Waals surface area contributed by atoms with Crippen LogP contribution in [-0.4, -0.2) is 31.2 Å². The average Bonchev–Trinajstić information content (AvgIpc) is 2.78. The summed E-state index contributed by atoms with van der Waals surface area (Å²) in [5.41, 5.74) is 2.11. The summed E-state index contributed by atoms with van der Waals surface area (Å²) in [4.78, 5) is 16.5. The summed E-state index contributed by atoms with van der Waals surface area (Å²) in [7, 11) is 1.38. The zero-order valence-corrected chi connectivity index (χ0v) is 16.9. The average molecular weight is 428 g/mol. The van der Waals surface area contributed by atoms with Crippen molar-refractivity contribution in [2.24, 2.45) is 0 Å². The smallest absolute Gasteiger partial charge is 0.387 e. The molecule has 0 spiro atoms. The van der Waals surface area contributed by atoms with Gasteiger partial charge in [0.1, 0.15) is 12.4 Å². The maximum atomic E-state index is 12.5. The van der Waals surface area contributed by atoms with Crippen LogP contribution < -0.4 is 19.5 Å². The first kappa shape index (κ1) is 22.0. The number of pyridine rings is 1. The number of aromatic nitrogens is 1. The Hall–Kier alpha value is -3.68. The Morgan fingerprint density at radius 1 is 1.06 bits per heavy atom. The lowest BCUT2D eigenvalue weighted by Gasteiger charge is -2.12. The van der Waals surface area contributed by atoms with Crippen molar-refractivity contribution in [3.05, 3.63) is 83.7 Å². The van der Waals surface area contributed by atoms with Crippen molar-refractivity contribution < 1.29 is 27.8 Å². The lowest BCUT2D eigenvalue weighted by Crippen LogP contribution is -2.25. The lowest BCUT2D eigenvalue weighted by atomic mass is 10.1. The van der Waals surface area contributed by atoms with Gasteiger partial charge in [0.25, 0.3) is 5.91 Å². The molecule has 0 radical (unpaired) electrons. The van der Waals surface area contributed by atoms with E-state index in [1.165, 1.54) is 13.2 Å². The standard InChI is InChI=1S/C23H22F2N2O4/c1-29-20-8-7-16(12-21(20)31-23(24)25)9-11-27-22(28)18-5-2-6-19(13-18)30-15-17-4-3-10-26-14-17/h2-8,10,12-14,23H,9,11,15H2,1H3,(H,27,28). The van der Waals surface area contributed by atoms with Crippen molar-refractivity contribution in [3.8, 4) is 17.2 Å². The van der Waals surface area contributed by atoms with Crippen LogP contribution in [0.3, 0.4) is 0 Å². The largest absolute Gasteiger partial charge is 0.493 e. The number of hydrogen-bond acceptors (Lipinski definition) is 5. The van der Waals surface area contributed by atoms with Crippen LogP contribution in [-0.2, 0) is 13.0 Å². The summed E-state index contributed by atoms with van der Waals surface area (Å²) in [6.45, 7) is -2.28. The number of nitrogens with zero attached hydrogens (tertiary/aromatic N) is 1. The van der Waals surface area contributed by atoms with Gasteiger partial charge in [-0.05, 0) is 48.4 Å². The molecule has 0 saturated carbocycles. The summed E-state index contributed by atoms with van der Waals surface area (Å²) in [5.74, 6) is 0.487. The molecule has 6 nitrogen and oxygen atoms in total. The van der Waals surface area contributed by atoms with Crippen LogP contribution in [0.2, 0.25) is 0 Å². The van der Waals surface area contributed by atoms with Gasteiger partial charge in [-0.25, -0.2) is 0 Å². The Balaban J connectivity index is 1.54. The van der Waals surface area contributed by atoms with Gasteiger partial charge in [0.05, 0.1) is 7.11 Å². The zero-order valence-electron chi connectivity index (χ0n) is 16.9. The Morgan fingerprint density at radius 3 is 2.68 bits per heavy atom. The molecule has 0 aliphatic rings. The fourth-order valence-electron chi connectivity index (χ4n) is 2.86. The summed E-state index contributed by atoms with van der Waals surface area (Å²) in [6, 6.07) is 15.4. The quantitative estimate of drug-likeness (QED) is 0.523. The van der Waals surface area contributed by atoms with Gasteiger partial charge in [0.2, 0.25) is 0 Å². The van der Waals surface area contributed by atoms with Gasteiger partial charge in [-0.15, -0.1) is 0 Å². The van der Waals surface area contributed by atoms with Crippen molar-refractivity contribution >= 4 is 5.91 Å². The molecule has 0 aliphatic carbocycles. The first-order chi connectivity index (χ1) is 15.0. The highest BCUT2D eigenvalue weighted by molar-refractivity contribution is 5.94. The van der Waals surface area contributed by atoms with Crippen LogP contribution in [0.1, 0.15) is 21.5 Å². The first-order valence-corrected chi connectivity index (χ1v) is 9.57. The number of benzene rings is 2. The molecule has 1 heterocycles. The third-order valence-corrected chi connectivity index (χ3v) is 4.37. The van der Waals surface area contributed by atoms with Crippen molar-refractivity contribution in [3.63, 3.8) is 0 Å². The molecular formula is C23H22F2N2O4. The number of methoxy groups -OCH3 is 1. The van der Waals surface area contributed by atoms with E-state index in [9.17, 15) is 13.6 Å². The van der Waals surface area contributed by atoms with E-state index in [4.69, 9.17) is 9.47 Å². The van der Waals surface area contributed by atoms with E-state index in [0.29, 0.717) is 30.9 Å². The highest BCUT2D eigenvalue weighted by atomic mass is 19.3. The van der Waals surface area contributed by atoms with Crippen molar-refractivity contribution in [2.45, 2.75) is 19.6 Å². The van der Waals surface area contributed by atoms with E-state index in [0.717, 1.165) is 11.1 Å². The minimum atomic E-state index is -2.95. The molecule has 1 amide bonds. The Kier molecular flexibility index (Phi) is 7.75. The molecule has 162 valence electrons. The van der Waals surface area contributed by atoms with Gasteiger partial charge in [-0.2, -0.15) is 8.78 Å². The van der Waals surface area contributed by atoms with E-state index in [1.807, 2.05) is 12.1 Å². The second kappa shape index (κ2) is 10.9. The maximum Gasteiger partial charge on any atom is 0.387 e. The lowest BCUT2D eigenvalue weighted by molar-refractivity contribution is -0.0512. The summed E-state index contributed by atoms with van der Waals surface area (Å²) in [5, 5.41) is 2.81. The molecule has 0 saturated heterocycles. The van der Waals surface area contributed by atoms with Gasteiger partial charge < -0.3 is 19.5 Å². The molecule has 1 N–H and O–H groups in total. The number of hydrogen-bond donors (Lipinski definition) is 1. The third-order valence-electron chi connectivity index (χ3n) is 4.37. The molecule has 3 rings (SSSR count). The number of ether oxygens (including phenoxy) is 3. The second-order valence-corrected chi connectivity index (χ2v) is 6.55. The number of carbonyl (C=O) groups is 1. The van der Waals surface area contributed by atoms with Crippen LogP contribution in [0.15, 0.2) is 67.0 Å².